The summed E-state index contributed by atoms with van der Waals surface area (Å²) in [5.74, 6) is -0.265. The zero-order valence-corrected chi connectivity index (χ0v) is 24.6. The summed E-state index contributed by atoms with van der Waals surface area (Å²) in [5.41, 5.74) is 7.33. The summed E-state index contributed by atoms with van der Waals surface area (Å²) in [4.78, 5) is 13.0. The Morgan fingerprint density at radius 3 is 2.23 bits per heavy atom. The lowest BCUT2D eigenvalue weighted by Gasteiger charge is -2.47. The van der Waals surface area contributed by atoms with Gasteiger partial charge in [0.1, 0.15) is 18.1 Å². The second-order valence-corrected chi connectivity index (χ2v) is 16.4. The Bertz CT molecular complexity index is 1400. The van der Waals surface area contributed by atoms with Gasteiger partial charge in [0, 0.05) is 12.8 Å². The van der Waals surface area contributed by atoms with Crippen LogP contribution in [0.1, 0.15) is 65.5 Å². The molecule has 0 amide bonds. The fourth-order valence-corrected chi connectivity index (χ4v) is 11.2. The van der Waals surface area contributed by atoms with E-state index < -0.39 is 14.1 Å². The van der Waals surface area contributed by atoms with E-state index in [1.165, 1.54) is 16.7 Å². The van der Waals surface area contributed by atoms with Gasteiger partial charge >= 0.3 is 0 Å². The number of nitrogens with two attached hydrogens (primary N) is 1. The third-order valence-corrected chi connectivity index (χ3v) is 13.4. The molecule has 40 heavy (non-hydrogen) atoms. The molecule has 0 saturated carbocycles. The molecule has 2 aromatic carbocycles. The van der Waals surface area contributed by atoms with Crippen molar-refractivity contribution in [3.63, 3.8) is 0 Å². The standard InChI is InChI=1S/C31H39N5O3Si/c1-30(2,3)40(24-13-6-4-7-14-24,25-15-8-5-9-16-25)37-20-23-12-10-18-31(38-23)19-11-17-26(39-31)36-22-35-27-28(32)33-21-34-29(27)36/h4-9,13-16,21-23,26H,10-12,17-20H2,1-3H3,(H2,32,33,34)/t23-,26-,31-/m0/s1. The molecule has 2 aliphatic rings. The van der Waals surface area contributed by atoms with E-state index in [1.54, 1.807) is 6.33 Å². The molecule has 2 saturated heterocycles. The van der Waals surface area contributed by atoms with Gasteiger partial charge in [0.2, 0.25) is 0 Å². The molecule has 1 spiro atoms. The Kier molecular flexibility index (Phi) is 7.24. The van der Waals surface area contributed by atoms with Crippen LogP contribution in [0.25, 0.3) is 11.2 Å². The van der Waals surface area contributed by atoms with Crippen LogP contribution in [0.15, 0.2) is 73.3 Å². The third-order valence-electron chi connectivity index (χ3n) is 8.42. The topological polar surface area (TPSA) is 97.3 Å². The molecule has 9 heteroatoms. The molecule has 210 valence electrons. The predicted molar refractivity (Wildman–Crippen MR) is 159 cm³/mol. The normalized spacial score (nSPS) is 24.0. The van der Waals surface area contributed by atoms with E-state index in [4.69, 9.17) is 19.6 Å². The van der Waals surface area contributed by atoms with E-state index >= 15 is 0 Å². The Morgan fingerprint density at radius 2 is 1.57 bits per heavy atom. The van der Waals surface area contributed by atoms with Crippen molar-refractivity contribution in [1.82, 2.24) is 19.5 Å². The molecule has 6 rings (SSSR count). The van der Waals surface area contributed by atoms with Gasteiger partial charge in [-0.3, -0.25) is 4.57 Å². The summed E-state index contributed by atoms with van der Waals surface area (Å²) in [6.45, 7) is 7.45. The minimum absolute atomic E-state index is 0.0494. The first-order valence-corrected chi connectivity index (χ1v) is 16.3. The number of nitrogen functional groups attached to an aromatic ring is 1. The molecule has 0 aliphatic carbocycles. The fraction of sp³-hybridized carbons (Fsp3) is 0.452. The van der Waals surface area contributed by atoms with Crippen LogP contribution in [0.2, 0.25) is 5.04 Å². The lowest BCUT2D eigenvalue weighted by Crippen LogP contribution is -2.67. The number of imidazole rings is 1. The number of nitrogens with zero attached hydrogens (tertiary/aromatic N) is 4. The van der Waals surface area contributed by atoms with Gasteiger partial charge in [-0.2, -0.15) is 0 Å². The van der Waals surface area contributed by atoms with Gasteiger partial charge in [0.05, 0.1) is 19.0 Å². The van der Waals surface area contributed by atoms with E-state index in [9.17, 15) is 0 Å². The van der Waals surface area contributed by atoms with Gasteiger partial charge in [-0.15, -0.1) is 0 Å². The Balaban J connectivity index is 1.25. The lowest BCUT2D eigenvalue weighted by molar-refractivity contribution is -0.329. The number of fused-ring (bicyclic) bond motifs is 1. The fourth-order valence-electron chi connectivity index (χ4n) is 6.58. The van der Waals surface area contributed by atoms with E-state index in [1.807, 2.05) is 4.57 Å². The van der Waals surface area contributed by atoms with Crippen LogP contribution >= 0.6 is 0 Å². The van der Waals surface area contributed by atoms with Crippen molar-refractivity contribution in [3.8, 4) is 0 Å². The van der Waals surface area contributed by atoms with Crippen molar-refractivity contribution in [3.05, 3.63) is 73.3 Å². The maximum Gasteiger partial charge on any atom is 0.261 e. The smallest absolute Gasteiger partial charge is 0.261 e. The van der Waals surface area contributed by atoms with Crippen molar-refractivity contribution < 1.29 is 13.9 Å². The highest BCUT2D eigenvalue weighted by Gasteiger charge is 2.51. The van der Waals surface area contributed by atoms with Crippen molar-refractivity contribution in [2.24, 2.45) is 0 Å². The summed E-state index contributed by atoms with van der Waals surface area (Å²) < 4.78 is 22.8. The highest BCUT2D eigenvalue weighted by atomic mass is 28.4. The van der Waals surface area contributed by atoms with Gasteiger partial charge in [0.25, 0.3) is 8.32 Å². The first-order valence-electron chi connectivity index (χ1n) is 14.3. The minimum Gasteiger partial charge on any atom is -0.405 e. The monoisotopic (exact) mass is 557 g/mol. The molecule has 2 fully saturated rings. The summed E-state index contributed by atoms with van der Waals surface area (Å²) >= 11 is 0. The lowest BCUT2D eigenvalue weighted by atomic mass is 9.94. The molecule has 8 nitrogen and oxygen atoms in total. The van der Waals surface area contributed by atoms with E-state index in [0.717, 1.165) is 38.5 Å². The predicted octanol–water partition coefficient (Wildman–Crippen LogP) is 4.95. The maximum atomic E-state index is 7.22. The molecule has 2 aliphatic heterocycles. The van der Waals surface area contributed by atoms with Gasteiger partial charge in [-0.25, -0.2) is 15.0 Å². The molecule has 2 N–H and O–H groups in total. The molecule has 0 radical (unpaired) electrons. The SMILES string of the molecule is CC(C)(C)[Si](OC[C@@H]1CCC[C@]2(CCC[C@@H](n3cnc4c(N)ncnc43)O2)O1)(c1ccccc1)c1ccccc1. The number of rotatable bonds is 6. The number of hydrogen-bond donors (Lipinski definition) is 1. The average molecular weight is 558 g/mol. The van der Waals surface area contributed by atoms with Crippen LogP contribution in [0.5, 0.6) is 0 Å². The van der Waals surface area contributed by atoms with Crippen LogP contribution in [0.4, 0.5) is 5.82 Å². The van der Waals surface area contributed by atoms with E-state index in [2.05, 4.69) is 96.4 Å². The minimum atomic E-state index is -2.65. The molecule has 0 unspecified atom stereocenters. The van der Waals surface area contributed by atoms with Gasteiger partial charge < -0.3 is 19.6 Å². The highest BCUT2D eigenvalue weighted by molar-refractivity contribution is 6.99. The molecule has 4 aromatic rings. The van der Waals surface area contributed by atoms with E-state index in [-0.39, 0.29) is 17.4 Å². The molecule has 4 heterocycles. The summed E-state index contributed by atoms with van der Waals surface area (Å²) in [7, 11) is -2.65. The first kappa shape index (κ1) is 27.1. The number of aromatic nitrogens is 4. The number of ether oxygens (including phenoxy) is 2. The van der Waals surface area contributed by atoms with Gasteiger partial charge in [-0.05, 0) is 41.1 Å². The van der Waals surface area contributed by atoms with Crippen LogP contribution in [-0.4, -0.2) is 46.3 Å². The third kappa shape index (κ3) is 4.85. The number of hydrogen-bond acceptors (Lipinski definition) is 7. The Hall–Kier alpha value is -3.11. The van der Waals surface area contributed by atoms with Crippen LogP contribution in [0.3, 0.4) is 0 Å². The van der Waals surface area contributed by atoms with E-state index in [0.29, 0.717) is 23.6 Å². The van der Waals surface area contributed by atoms with Crippen LogP contribution in [0, 0.1) is 0 Å². The molecule has 0 bridgehead atoms. The molecular weight excluding hydrogens is 518 g/mol. The van der Waals surface area contributed by atoms with Gasteiger partial charge in [0.15, 0.2) is 17.3 Å². The average Bonchev–Trinajstić information content (AvgIpc) is 3.40. The van der Waals surface area contributed by atoms with Crippen molar-refractivity contribution in [2.75, 3.05) is 12.3 Å². The summed E-state index contributed by atoms with van der Waals surface area (Å²) in [6, 6.07) is 21.6. The zero-order valence-electron chi connectivity index (χ0n) is 23.6. The van der Waals surface area contributed by atoms with Crippen molar-refractivity contribution >= 4 is 35.7 Å². The van der Waals surface area contributed by atoms with Crippen molar-refractivity contribution in [1.29, 1.82) is 0 Å². The largest absolute Gasteiger partial charge is 0.405 e. The van der Waals surface area contributed by atoms with Crippen LogP contribution < -0.4 is 16.1 Å². The van der Waals surface area contributed by atoms with Gasteiger partial charge in [-0.1, -0.05) is 81.4 Å². The maximum absolute atomic E-state index is 7.22. The van der Waals surface area contributed by atoms with Crippen molar-refractivity contribution in [2.45, 2.75) is 82.5 Å². The molecule has 2 aromatic heterocycles. The summed E-state index contributed by atoms with van der Waals surface area (Å²) in [5, 5.41) is 2.48. The zero-order chi connectivity index (χ0) is 27.8. The Labute approximate surface area is 237 Å². The first-order chi connectivity index (χ1) is 19.3. The molecular formula is C31H39N5O3Si. The molecule has 3 atom stereocenters. The van der Waals surface area contributed by atoms with Crippen LogP contribution in [-0.2, 0) is 13.9 Å². The summed E-state index contributed by atoms with van der Waals surface area (Å²) in [6.07, 6.45) is 8.53. The highest BCUT2D eigenvalue weighted by Crippen LogP contribution is 2.44. The number of benzene rings is 2. The number of anilines is 1. The quantitative estimate of drug-likeness (QED) is 0.335. The second-order valence-electron chi connectivity index (χ2n) is 12.1. The Morgan fingerprint density at radius 1 is 0.925 bits per heavy atom. The second kappa shape index (κ2) is 10.7.